The summed E-state index contributed by atoms with van der Waals surface area (Å²) in [6.45, 7) is -0.186. The second-order valence-electron chi connectivity index (χ2n) is 6.42. The van der Waals surface area contributed by atoms with Gasteiger partial charge >= 0.3 is 5.69 Å². The van der Waals surface area contributed by atoms with Crippen molar-refractivity contribution in [1.82, 2.24) is 24.8 Å². The van der Waals surface area contributed by atoms with Crippen LogP contribution in [-0.4, -0.2) is 25.4 Å². The van der Waals surface area contributed by atoms with Gasteiger partial charge < -0.3 is 15.3 Å². The average molecular weight is 393 g/mol. The number of pyridine rings is 1. The maximum Gasteiger partial charge on any atom is 0.329 e. The zero-order chi connectivity index (χ0) is 20.4. The molecule has 0 saturated carbocycles. The highest BCUT2D eigenvalue weighted by Gasteiger charge is 2.15. The Kier molecular flexibility index (Phi) is 4.78. The van der Waals surface area contributed by atoms with Crippen LogP contribution in [0.15, 0.2) is 64.6 Å². The summed E-state index contributed by atoms with van der Waals surface area (Å²) >= 11 is 0. The van der Waals surface area contributed by atoms with E-state index in [9.17, 15) is 18.8 Å². The van der Waals surface area contributed by atoms with E-state index in [1.807, 2.05) is 0 Å². The summed E-state index contributed by atoms with van der Waals surface area (Å²) in [7, 11) is 0. The maximum absolute atomic E-state index is 13.2. The third kappa shape index (κ3) is 3.70. The van der Waals surface area contributed by atoms with E-state index in [1.54, 1.807) is 42.9 Å². The lowest BCUT2D eigenvalue weighted by atomic mass is 10.1. The lowest BCUT2D eigenvalue weighted by Gasteiger charge is -2.07. The fourth-order valence-corrected chi connectivity index (χ4v) is 3.03. The van der Waals surface area contributed by atoms with Gasteiger partial charge in [0.1, 0.15) is 17.9 Å². The minimum absolute atomic E-state index is 0.156. The molecule has 0 fully saturated rings. The van der Waals surface area contributed by atoms with Crippen LogP contribution in [0, 0.1) is 5.82 Å². The molecule has 0 aliphatic heterocycles. The van der Waals surface area contributed by atoms with E-state index < -0.39 is 23.7 Å². The van der Waals surface area contributed by atoms with Gasteiger partial charge in [-0.3, -0.25) is 14.6 Å². The summed E-state index contributed by atoms with van der Waals surface area (Å²) < 4.78 is 14.0. The number of rotatable bonds is 5. The van der Waals surface area contributed by atoms with E-state index in [4.69, 9.17) is 0 Å². The van der Waals surface area contributed by atoms with Gasteiger partial charge in [0.15, 0.2) is 0 Å². The van der Waals surface area contributed by atoms with Crippen molar-refractivity contribution in [1.29, 1.82) is 0 Å². The Bertz CT molecular complexity index is 1290. The number of benzene rings is 1. The van der Waals surface area contributed by atoms with Crippen LogP contribution in [0.3, 0.4) is 0 Å². The molecule has 0 aliphatic carbocycles. The minimum atomic E-state index is -0.706. The summed E-state index contributed by atoms with van der Waals surface area (Å²) in [5, 5.41) is 2.65. The summed E-state index contributed by atoms with van der Waals surface area (Å²) in [6, 6.07) is 9.23. The molecule has 1 aromatic carbocycles. The highest BCUT2D eigenvalue weighted by molar-refractivity contribution is 5.91. The molecule has 0 aliphatic rings. The standard InChI is InChI=1S/C20H16FN5O3/c21-14-5-3-13(4-6-14)15-10-24-18-17(15)25-20(29)26(19(18)28)11-16(27)23-9-12-2-1-7-22-8-12/h1-8,10,24H,9,11H2,(H,23,27)(H,25,29). The van der Waals surface area contributed by atoms with Crippen LogP contribution < -0.4 is 16.6 Å². The largest absolute Gasteiger partial charge is 0.355 e. The van der Waals surface area contributed by atoms with Crippen molar-refractivity contribution in [3.63, 3.8) is 0 Å². The number of hydrogen-bond donors (Lipinski definition) is 3. The van der Waals surface area contributed by atoms with Crippen molar-refractivity contribution < 1.29 is 9.18 Å². The van der Waals surface area contributed by atoms with Crippen molar-refractivity contribution in [2.45, 2.75) is 13.1 Å². The molecular weight excluding hydrogens is 377 g/mol. The molecule has 0 radical (unpaired) electrons. The highest BCUT2D eigenvalue weighted by Crippen LogP contribution is 2.25. The van der Waals surface area contributed by atoms with Crippen LogP contribution in [0.25, 0.3) is 22.2 Å². The Morgan fingerprint density at radius 2 is 1.93 bits per heavy atom. The smallest absolute Gasteiger partial charge is 0.329 e. The first-order valence-corrected chi connectivity index (χ1v) is 8.78. The lowest BCUT2D eigenvalue weighted by Crippen LogP contribution is -2.40. The van der Waals surface area contributed by atoms with E-state index in [0.717, 1.165) is 10.1 Å². The fraction of sp³-hybridized carbons (Fsp3) is 0.100. The van der Waals surface area contributed by atoms with Crippen molar-refractivity contribution in [2.75, 3.05) is 0 Å². The van der Waals surface area contributed by atoms with E-state index in [1.165, 1.54) is 12.1 Å². The molecule has 0 spiro atoms. The number of H-pyrrole nitrogens is 2. The number of aromatic amines is 2. The highest BCUT2D eigenvalue weighted by atomic mass is 19.1. The maximum atomic E-state index is 13.2. The first kappa shape index (κ1) is 18.4. The SMILES string of the molecule is O=C(Cn1c(=O)[nH]c2c(-c3ccc(F)cc3)c[nH]c2c1=O)NCc1cccnc1. The quantitative estimate of drug-likeness (QED) is 0.477. The van der Waals surface area contributed by atoms with Crippen LogP contribution in [0.1, 0.15) is 5.56 Å². The number of halogens is 1. The van der Waals surface area contributed by atoms with Gasteiger partial charge in [0.25, 0.3) is 5.56 Å². The third-order valence-electron chi connectivity index (χ3n) is 4.49. The number of carbonyl (C=O) groups is 1. The first-order valence-electron chi connectivity index (χ1n) is 8.78. The topological polar surface area (TPSA) is 113 Å². The molecule has 1 amide bonds. The van der Waals surface area contributed by atoms with Gasteiger partial charge in [-0.15, -0.1) is 0 Å². The Balaban J connectivity index is 1.61. The fourth-order valence-electron chi connectivity index (χ4n) is 3.03. The van der Waals surface area contributed by atoms with Crippen molar-refractivity contribution in [3.05, 3.63) is 87.2 Å². The normalized spacial score (nSPS) is 10.9. The van der Waals surface area contributed by atoms with Crippen LogP contribution in [0.4, 0.5) is 4.39 Å². The van der Waals surface area contributed by atoms with Crippen LogP contribution in [-0.2, 0) is 17.9 Å². The van der Waals surface area contributed by atoms with Crippen LogP contribution in [0.2, 0.25) is 0 Å². The lowest BCUT2D eigenvalue weighted by molar-refractivity contribution is -0.121. The van der Waals surface area contributed by atoms with Gasteiger partial charge in [-0.1, -0.05) is 18.2 Å². The molecule has 146 valence electrons. The van der Waals surface area contributed by atoms with Gasteiger partial charge in [-0.25, -0.2) is 13.8 Å². The van der Waals surface area contributed by atoms with Gasteiger partial charge in [0.2, 0.25) is 5.91 Å². The zero-order valence-corrected chi connectivity index (χ0v) is 15.1. The summed E-state index contributed by atoms with van der Waals surface area (Å²) in [6.07, 6.45) is 4.79. The van der Waals surface area contributed by atoms with E-state index >= 15 is 0 Å². The summed E-state index contributed by atoms with van der Waals surface area (Å²) in [5.74, 6) is -0.868. The van der Waals surface area contributed by atoms with E-state index in [2.05, 4.69) is 20.3 Å². The number of nitrogens with one attached hydrogen (secondary N) is 3. The molecule has 4 aromatic rings. The molecule has 8 nitrogen and oxygen atoms in total. The predicted molar refractivity (Wildman–Crippen MR) is 105 cm³/mol. The molecule has 0 atom stereocenters. The second-order valence-corrected chi connectivity index (χ2v) is 6.42. The number of hydrogen-bond acceptors (Lipinski definition) is 4. The van der Waals surface area contributed by atoms with E-state index in [0.29, 0.717) is 16.6 Å². The van der Waals surface area contributed by atoms with Crippen LogP contribution in [0.5, 0.6) is 0 Å². The molecule has 4 rings (SSSR count). The van der Waals surface area contributed by atoms with Crippen LogP contribution >= 0.6 is 0 Å². The first-order chi connectivity index (χ1) is 14.0. The molecule has 0 unspecified atom stereocenters. The van der Waals surface area contributed by atoms with Crippen molar-refractivity contribution in [2.24, 2.45) is 0 Å². The van der Waals surface area contributed by atoms with Crippen molar-refractivity contribution in [3.8, 4) is 11.1 Å². The van der Waals surface area contributed by atoms with Crippen molar-refractivity contribution >= 4 is 16.9 Å². The zero-order valence-electron chi connectivity index (χ0n) is 15.1. The molecular formula is C20H16FN5O3. The minimum Gasteiger partial charge on any atom is -0.355 e. The van der Waals surface area contributed by atoms with Gasteiger partial charge in [-0.05, 0) is 29.3 Å². The van der Waals surface area contributed by atoms with Gasteiger partial charge in [-0.2, -0.15) is 0 Å². The summed E-state index contributed by atoms with van der Waals surface area (Å²) in [5.41, 5.74) is 1.13. The Hall–Kier alpha value is -4.01. The third-order valence-corrected chi connectivity index (χ3v) is 4.49. The number of nitrogens with zero attached hydrogens (tertiary/aromatic N) is 2. The monoisotopic (exact) mass is 393 g/mol. The average Bonchev–Trinajstić information content (AvgIpc) is 3.15. The second kappa shape index (κ2) is 7.55. The molecule has 3 heterocycles. The van der Waals surface area contributed by atoms with Gasteiger partial charge in [0.05, 0.1) is 5.52 Å². The molecule has 3 aromatic heterocycles. The molecule has 29 heavy (non-hydrogen) atoms. The Morgan fingerprint density at radius 1 is 1.14 bits per heavy atom. The van der Waals surface area contributed by atoms with E-state index in [-0.39, 0.29) is 17.9 Å². The Labute approximate surface area is 163 Å². The molecule has 0 saturated heterocycles. The van der Waals surface area contributed by atoms with Gasteiger partial charge in [0, 0.05) is 30.7 Å². The number of aromatic nitrogens is 4. The Morgan fingerprint density at radius 3 is 2.66 bits per heavy atom. The molecule has 3 N–H and O–H groups in total. The number of amides is 1. The number of carbonyl (C=O) groups excluding carboxylic acids is 1. The summed E-state index contributed by atoms with van der Waals surface area (Å²) in [4.78, 5) is 46.8. The molecule has 9 heteroatoms. The predicted octanol–water partition coefficient (Wildman–Crippen LogP) is 1.54. The molecule has 0 bridgehead atoms. The number of fused-ring (bicyclic) bond motifs is 1.